The molecule has 0 aliphatic heterocycles. The zero-order valence-electron chi connectivity index (χ0n) is 10.6. The van der Waals surface area contributed by atoms with Crippen LogP contribution < -0.4 is 5.32 Å². The third kappa shape index (κ3) is 3.28. The number of para-hydroxylation sites is 1. The highest BCUT2D eigenvalue weighted by Gasteiger charge is 2.13. The lowest BCUT2D eigenvalue weighted by Gasteiger charge is -2.12. The zero-order valence-corrected chi connectivity index (χ0v) is 13.5. The molecule has 2 nitrogen and oxygen atoms in total. The predicted molar refractivity (Wildman–Crippen MR) is 88.0 cm³/mol. The largest absolute Gasteiger partial charge is 0.321 e. The van der Waals surface area contributed by atoms with Crippen molar-refractivity contribution in [2.45, 2.75) is 13.8 Å². The Kier molecular flexibility index (Phi) is 4.47. The summed E-state index contributed by atoms with van der Waals surface area (Å²) in [5, 5.41) is 3.52. The quantitative estimate of drug-likeness (QED) is 0.738. The Labute approximate surface area is 131 Å². The summed E-state index contributed by atoms with van der Waals surface area (Å²) in [5.41, 5.74) is 3.55. The van der Waals surface area contributed by atoms with Crippen molar-refractivity contribution < 1.29 is 4.79 Å². The fourth-order valence-electron chi connectivity index (χ4n) is 1.86. The molecule has 0 aliphatic rings. The summed E-state index contributed by atoms with van der Waals surface area (Å²) in [5.74, 6) is -0.135. The number of halogens is 2. The van der Waals surface area contributed by atoms with Crippen LogP contribution in [0.25, 0.3) is 0 Å². The summed E-state index contributed by atoms with van der Waals surface area (Å²) in [6, 6.07) is 11.2. The highest BCUT2D eigenvalue weighted by atomic mass is 127. The van der Waals surface area contributed by atoms with E-state index in [1.165, 1.54) is 0 Å². The predicted octanol–water partition coefficient (Wildman–Crippen LogP) is 4.81. The van der Waals surface area contributed by atoms with Gasteiger partial charge in [0.1, 0.15) is 0 Å². The molecule has 0 unspecified atom stereocenters. The van der Waals surface area contributed by atoms with Gasteiger partial charge >= 0.3 is 0 Å². The van der Waals surface area contributed by atoms with E-state index in [-0.39, 0.29) is 5.91 Å². The van der Waals surface area contributed by atoms with Gasteiger partial charge in [-0.15, -0.1) is 0 Å². The average Bonchev–Trinajstić information content (AvgIpc) is 2.37. The molecule has 2 aromatic carbocycles. The van der Waals surface area contributed by atoms with Crippen LogP contribution in [-0.4, -0.2) is 5.91 Å². The Morgan fingerprint density at radius 2 is 1.79 bits per heavy atom. The molecule has 19 heavy (non-hydrogen) atoms. The first-order chi connectivity index (χ1) is 8.99. The minimum Gasteiger partial charge on any atom is -0.321 e. The van der Waals surface area contributed by atoms with Crippen LogP contribution in [0.3, 0.4) is 0 Å². The van der Waals surface area contributed by atoms with Gasteiger partial charge in [0.05, 0.1) is 5.56 Å². The maximum Gasteiger partial charge on any atom is 0.256 e. The molecule has 1 N–H and O–H groups in total. The molecule has 0 spiro atoms. The molecular formula is C15H13ClINO. The molecule has 0 radical (unpaired) electrons. The second-order valence-corrected chi connectivity index (χ2v) is 5.94. The molecule has 1 amide bonds. The molecule has 2 rings (SSSR count). The number of carbonyl (C=O) groups excluding carboxylic acids is 1. The van der Waals surface area contributed by atoms with Gasteiger partial charge in [0.2, 0.25) is 0 Å². The van der Waals surface area contributed by atoms with Crippen molar-refractivity contribution in [1.29, 1.82) is 0 Å². The highest BCUT2D eigenvalue weighted by Crippen LogP contribution is 2.23. The fraction of sp³-hybridized carbons (Fsp3) is 0.133. The lowest BCUT2D eigenvalue weighted by atomic mass is 10.1. The number of hydrogen-bond donors (Lipinski definition) is 1. The maximum atomic E-state index is 12.3. The summed E-state index contributed by atoms with van der Waals surface area (Å²) < 4.78 is 0.880. The summed E-state index contributed by atoms with van der Waals surface area (Å²) in [4.78, 5) is 12.3. The lowest BCUT2D eigenvalue weighted by molar-refractivity contribution is 0.102. The molecule has 0 fully saturated rings. The summed E-state index contributed by atoms with van der Waals surface area (Å²) in [6.45, 7) is 3.96. The molecule has 98 valence electrons. The van der Waals surface area contributed by atoms with Crippen molar-refractivity contribution in [3.05, 3.63) is 61.7 Å². The van der Waals surface area contributed by atoms with Crippen molar-refractivity contribution >= 4 is 45.8 Å². The van der Waals surface area contributed by atoms with E-state index < -0.39 is 0 Å². The van der Waals surface area contributed by atoms with E-state index >= 15 is 0 Å². The van der Waals surface area contributed by atoms with Gasteiger partial charge in [-0.3, -0.25) is 4.79 Å². The number of nitrogens with one attached hydrogen (secondary N) is 1. The number of amides is 1. The van der Waals surface area contributed by atoms with Gasteiger partial charge in [-0.25, -0.2) is 0 Å². The third-order valence-electron chi connectivity index (χ3n) is 2.89. The standard InChI is InChI=1S/C15H13ClINO/c1-9-4-3-5-10(2)14(9)18-15(19)12-8-11(16)6-7-13(12)17/h3-8H,1-2H3,(H,18,19). The molecule has 2 aromatic rings. The van der Waals surface area contributed by atoms with Crippen molar-refractivity contribution in [3.63, 3.8) is 0 Å². The van der Waals surface area contributed by atoms with Crippen LogP contribution >= 0.6 is 34.2 Å². The van der Waals surface area contributed by atoms with E-state index in [2.05, 4.69) is 27.9 Å². The summed E-state index contributed by atoms with van der Waals surface area (Å²) in [6.07, 6.45) is 0. The molecule has 0 bridgehead atoms. The van der Waals surface area contributed by atoms with Crippen LogP contribution in [0.4, 0.5) is 5.69 Å². The van der Waals surface area contributed by atoms with E-state index in [1.807, 2.05) is 38.1 Å². The topological polar surface area (TPSA) is 29.1 Å². The van der Waals surface area contributed by atoms with Gasteiger partial charge in [0, 0.05) is 14.3 Å². The molecule has 4 heteroatoms. The second-order valence-electron chi connectivity index (χ2n) is 4.35. The number of carbonyl (C=O) groups is 1. The third-order valence-corrected chi connectivity index (χ3v) is 4.07. The normalized spacial score (nSPS) is 10.3. The van der Waals surface area contributed by atoms with Gasteiger partial charge < -0.3 is 5.32 Å². The van der Waals surface area contributed by atoms with Crippen LogP contribution in [0, 0.1) is 17.4 Å². The Balaban J connectivity index is 2.34. The van der Waals surface area contributed by atoms with Gasteiger partial charge in [0.15, 0.2) is 0 Å². The first-order valence-electron chi connectivity index (χ1n) is 5.81. The lowest BCUT2D eigenvalue weighted by Crippen LogP contribution is -2.15. The number of hydrogen-bond acceptors (Lipinski definition) is 1. The van der Waals surface area contributed by atoms with Gasteiger partial charge in [0.25, 0.3) is 5.91 Å². The van der Waals surface area contributed by atoms with Crippen molar-refractivity contribution in [1.82, 2.24) is 0 Å². The van der Waals surface area contributed by atoms with Gasteiger partial charge in [-0.1, -0.05) is 29.8 Å². The first-order valence-corrected chi connectivity index (χ1v) is 7.27. The van der Waals surface area contributed by atoms with Crippen LogP contribution in [0.1, 0.15) is 21.5 Å². The second kappa shape index (κ2) is 5.92. The molecule has 0 atom stereocenters. The van der Waals surface area contributed by atoms with E-state index in [0.29, 0.717) is 10.6 Å². The molecule has 0 heterocycles. The number of benzene rings is 2. The van der Waals surface area contributed by atoms with Crippen LogP contribution in [0.2, 0.25) is 5.02 Å². The summed E-state index contributed by atoms with van der Waals surface area (Å²) in [7, 11) is 0. The smallest absolute Gasteiger partial charge is 0.256 e. The Hall–Kier alpha value is -1.07. The van der Waals surface area contributed by atoms with Crippen LogP contribution in [-0.2, 0) is 0 Å². The monoisotopic (exact) mass is 385 g/mol. The highest BCUT2D eigenvalue weighted by molar-refractivity contribution is 14.1. The average molecular weight is 386 g/mol. The number of rotatable bonds is 2. The van der Waals surface area contributed by atoms with E-state index in [0.717, 1.165) is 20.4 Å². The molecular weight excluding hydrogens is 373 g/mol. The Morgan fingerprint density at radius 1 is 1.16 bits per heavy atom. The molecule has 0 saturated heterocycles. The number of anilines is 1. The van der Waals surface area contributed by atoms with E-state index in [9.17, 15) is 4.79 Å². The van der Waals surface area contributed by atoms with E-state index in [4.69, 9.17) is 11.6 Å². The van der Waals surface area contributed by atoms with Crippen molar-refractivity contribution in [2.75, 3.05) is 5.32 Å². The van der Waals surface area contributed by atoms with Crippen LogP contribution in [0.15, 0.2) is 36.4 Å². The fourth-order valence-corrected chi connectivity index (χ4v) is 2.62. The van der Waals surface area contributed by atoms with Crippen LogP contribution in [0.5, 0.6) is 0 Å². The van der Waals surface area contributed by atoms with Gasteiger partial charge in [-0.05, 0) is 65.8 Å². The minimum absolute atomic E-state index is 0.135. The first kappa shape index (κ1) is 14.3. The van der Waals surface area contributed by atoms with Crippen molar-refractivity contribution in [2.24, 2.45) is 0 Å². The van der Waals surface area contributed by atoms with Gasteiger partial charge in [-0.2, -0.15) is 0 Å². The molecule has 0 aromatic heterocycles. The Bertz CT molecular complexity index is 620. The molecule has 0 aliphatic carbocycles. The van der Waals surface area contributed by atoms with Crippen molar-refractivity contribution in [3.8, 4) is 0 Å². The number of aryl methyl sites for hydroxylation is 2. The maximum absolute atomic E-state index is 12.3. The molecule has 0 saturated carbocycles. The minimum atomic E-state index is -0.135. The Morgan fingerprint density at radius 3 is 2.42 bits per heavy atom. The zero-order chi connectivity index (χ0) is 14.0. The summed E-state index contributed by atoms with van der Waals surface area (Å²) >= 11 is 8.08. The SMILES string of the molecule is Cc1cccc(C)c1NC(=O)c1cc(Cl)ccc1I. The van der Waals surface area contributed by atoms with E-state index in [1.54, 1.807) is 12.1 Å².